The highest BCUT2D eigenvalue weighted by atomic mass is 32.1. The average molecular weight is 544 g/mol. The third-order valence-electron chi connectivity index (χ3n) is 6.57. The number of rotatable bonds is 10. The maximum atomic E-state index is 12.8. The molecule has 2 heterocycles. The fraction of sp³-hybridized carbons (Fsp3) is 0.355. The number of carbonyl (C=O) groups is 1. The molecule has 4 aromatic rings. The first-order valence-electron chi connectivity index (χ1n) is 13.1. The van der Waals surface area contributed by atoms with E-state index in [9.17, 15) is 4.79 Å². The van der Waals surface area contributed by atoms with E-state index in [1.807, 2.05) is 67.7 Å². The van der Waals surface area contributed by atoms with E-state index in [2.05, 4.69) is 61.2 Å². The molecular weight excluding hydrogens is 506 g/mol. The maximum absolute atomic E-state index is 12.8. The van der Waals surface area contributed by atoms with Gasteiger partial charge in [0.25, 0.3) is 0 Å². The summed E-state index contributed by atoms with van der Waals surface area (Å²) < 4.78 is 6.28. The van der Waals surface area contributed by atoms with Crippen molar-refractivity contribution in [2.45, 2.75) is 64.8 Å². The molecule has 0 aliphatic rings. The number of pyridine rings is 1. The third-order valence-corrected chi connectivity index (χ3v) is 7.78. The SMILES string of the molecule is CN(Cc1ccccc1)C(=O)CCC(C)(C)c1nnc(Nc2cccnc2Oc2ccccc2C(C)(C)C)s1. The second kappa shape index (κ2) is 11.9. The minimum absolute atomic E-state index is 0.0730. The number of nitrogens with zero attached hydrogens (tertiary/aromatic N) is 4. The molecule has 2 aromatic heterocycles. The quantitative estimate of drug-likeness (QED) is 0.223. The van der Waals surface area contributed by atoms with Gasteiger partial charge in [0.1, 0.15) is 16.4 Å². The molecule has 0 aliphatic heterocycles. The normalized spacial score (nSPS) is 11.7. The van der Waals surface area contributed by atoms with Crippen molar-refractivity contribution < 1.29 is 9.53 Å². The smallest absolute Gasteiger partial charge is 0.243 e. The summed E-state index contributed by atoms with van der Waals surface area (Å²) in [5, 5.41) is 13.7. The number of ether oxygens (including phenoxy) is 1. The number of hydrogen-bond acceptors (Lipinski definition) is 7. The molecule has 0 radical (unpaired) electrons. The fourth-order valence-electron chi connectivity index (χ4n) is 4.17. The van der Waals surface area contributed by atoms with Gasteiger partial charge in [-0.15, -0.1) is 10.2 Å². The Kier molecular flexibility index (Phi) is 8.65. The largest absolute Gasteiger partial charge is 0.437 e. The molecule has 8 heteroatoms. The summed E-state index contributed by atoms with van der Waals surface area (Å²) in [6.07, 6.45) is 2.82. The number of aromatic nitrogens is 3. The Bertz CT molecular complexity index is 1400. The Morgan fingerprint density at radius 2 is 1.67 bits per heavy atom. The van der Waals surface area contributed by atoms with E-state index in [0.717, 1.165) is 21.9 Å². The van der Waals surface area contributed by atoms with Crippen molar-refractivity contribution in [3.05, 3.63) is 89.1 Å². The van der Waals surface area contributed by atoms with Crippen molar-refractivity contribution in [2.24, 2.45) is 0 Å². The lowest BCUT2D eigenvalue weighted by Crippen LogP contribution is -2.28. The monoisotopic (exact) mass is 543 g/mol. The Balaban J connectivity index is 1.41. The topological polar surface area (TPSA) is 80.2 Å². The lowest BCUT2D eigenvalue weighted by Gasteiger charge is -2.23. The lowest BCUT2D eigenvalue weighted by molar-refractivity contribution is -0.130. The van der Waals surface area contributed by atoms with Gasteiger partial charge < -0.3 is 15.0 Å². The molecule has 1 N–H and O–H groups in total. The van der Waals surface area contributed by atoms with E-state index in [4.69, 9.17) is 4.74 Å². The van der Waals surface area contributed by atoms with Gasteiger partial charge in [-0.2, -0.15) is 0 Å². The van der Waals surface area contributed by atoms with Crippen LogP contribution in [0.15, 0.2) is 72.9 Å². The van der Waals surface area contributed by atoms with Crippen molar-refractivity contribution >= 4 is 28.1 Å². The zero-order chi connectivity index (χ0) is 28.0. The highest BCUT2D eigenvalue weighted by Gasteiger charge is 2.27. The molecule has 4 rings (SSSR count). The van der Waals surface area contributed by atoms with Crippen LogP contribution in [0.5, 0.6) is 11.6 Å². The molecule has 0 saturated heterocycles. The first-order chi connectivity index (χ1) is 18.5. The predicted octanol–water partition coefficient (Wildman–Crippen LogP) is 7.48. The number of amides is 1. The summed E-state index contributed by atoms with van der Waals surface area (Å²) in [6, 6.07) is 21.8. The summed E-state index contributed by atoms with van der Waals surface area (Å²) >= 11 is 1.48. The molecule has 0 unspecified atom stereocenters. The van der Waals surface area contributed by atoms with Crippen LogP contribution < -0.4 is 10.1 Å². The summed E-state index contributed by atoms with van der Waals surface area (Å²) in [6.45, 7) is 11.3. The van der Waals surface area contributed by atoms with Crippen molar-refractivity contribution in [3.63, 3.8) is 0 Å². The highest BCUT2D eigenvalue weighted by Crippen LogP contribution is 2.38. The predicted molar refractivity (Wildman–Crippen MR) is 158 cm³/mol. The molecule has 0 bridgehead atoms. The van der Waals surface area contributed by atoms with E-state index in [1.54, 1.807) is 11.1 Å². The van der Waals surface area contributed by atoms with Crippen molar-refractivity contribution in [3.8, 4) is 11.6 Å². The zero-order valence-corrected chi connectivity index (χ0v) is 24.4. The van der Waals surface area contributed by atoms with Crippen LogP contribution in [0.3, 0.4) is 0 Å². The van der Waals surface area contributed by atoms with E-state index in [0.29, 0.717) is 36.1 Å². The van der Waals surface area contributed by atoms with Crippen molar-refractivity contribution in [1.29, 1.82) is 0 Å². The van der Waals surface area contributed by atoms with Crippen LogP contribution in [0.4, 0.5) is 10.8 Å². The summed E-state index contributed by atoms with van der Waals surface area (Å²) in [4.78, 5) is 19.1. The van der Waals surface area contributed by atoms with Crippen LogP contribution in [0, 0.1) is 0 Å². The third kappa shape index (κ3) is 7.41. The first-order valence-corrected chi connectivity index (χ1v) is 14.0. The van der Waals surface area contributed by atoms with Gasteiger partial charge in [-0.1, -0.05) is 94.5 Å². The summed E-state index contributed by atoms with van der Waals surface area (Å²) in [7, 11) is 1.85. The van der Waals surface area contributed by atoms with Crippen LogP contribution in [-0.4, -0.2) is 33.0 Å². The molecule has 0 spiro atoms. The molecule has 204 valence electrons. The molecule has 0 saturated carbocycles. The average Bonchev–Trinajstić information content (AvgIpc) is 3.38. The van der Waals surface area contributed by atoms with E-state index in [1.165, 1.54) is 11.3 Å². The molecule has 2 aromatic carbocycles. The van der Waals surface area contributed by atoms with Gasteiger partial charge in [-0.05, 0) is 35.6 Å². The number of hydrogen-bond donors (Lipinski definition) is 1. The van der Waals surface area contributed by atoms with Gasteiger partial charge in [-0.3, -0.25) is 4.79 Å². The van der Waals surface area contributed by atoms with E-state index >= 15 is 0 Å². The standard InChI is InChI=1S/C31H37N5O2S/c1-30(2,3)23-15-10-11-17-25(23)38-27-24(16-12-20-32-27)33-29-35-34-28(39-29)31(4,5)19-18-26(37)36(6)21-22-13-8-7-9-14-22/h7-17,20H,18-19,21H2,1-6H3,(H,33,35). The minimum atomic E-state index is -0.305. The van der Waals surface area contributed by atoms with Crippen LogP contribution in [0.2, 0.25) is 0 Å². The number of para-hydroxylation sites is 1. The van der Waals surface area contributed by atoms with Gasteiger partial charge in [-0.25, -0.2) is 4.98 Å². The Hall–Kier alpha value is -3.78. The van der Waals surface area contributed by atoms with Crippen LogP contribution in [-0.2, 0) is 22.2 Å². The van der Waals surface area contributed by atoms with Crippen molar-refractivity contribution in [1.82, 2.24) is 20.1 Å². The summed E-state index contributed by atoms with van der Waals surface area (Å²) in [5.41, 5.74) is 2.55. The fourth-order valence-corrected chi connectivity index (χ4v) is 5.06. The zero-order valence-electron chi connectivity index (χ0n) is 23.6. The van der Waals surface area contributed by atoms with Crippen molar-refractivity contribution in [2.75, 3.05) is 12.4 Å². The van der Waals surface area contributed by atoms with Crippen LogP contribution in [0.1, 0.15) is 63.6 Å². The van der Waals surface area contributed by atoms with Gasteiger partial charge in [0.05, 0.1) is 0 Å². The molecule has 0 fully saturated rings. The van der Waals surface area contributed by atoms with E-state index < -0.39 is 0 Å². The first kappa shape index (κ1) is 28.2. The summed E-state index contributed by atoms with van der Waals surface area (Å²) in [5.74, 6) is 1.35. The second-order valence-corrected chi connectivity index (χ2v) is 12.3. The number of nitrogens with one attached hydrogen (secondary N) is 1. The highest BCUT2D eigenvalue weighted by molar-refractivity contribution is 7.15. The number of anilines is 2. The lowest BCUT2D eigenvalue weighted by atomic mass is 9.86. The minimum Gasteiger partial charge on any atom is -0.437 e. The molecule has 1 amide bonds. The van der Waals surface area contributed by atoms with Crippen LogP contribution in [0.25, 0.3) is 0 Å². The number of carbonyl (C=O) groups excluding carboxylic acids is 1. The van der Waals surface area contributed by atoms with E-state index in [-0.39, 0.29) is 16.7 Å². The van der Waals surface area contributed by atoms with Gasteiger partial charge in [0.15, 0.2) is 0 Å². The Morgan fingerprint density at radius 1 is 0.949 bits per heavy atom. The van der Waals surface area contributed by atoms with Gasteiger partial charge in [0, 0.05) is 37.2 Å². The Labute approximate surface area is 235 Å². The molecule has 0 atom stereocenters. The molecule has 39 heavy (non-hydrogen) atoms. The van der Waals surface area contributed by atoms with Crippen LogP contribution >= 0.6 is 11.3 Å². The Morgan fingerprint density at radius 3 is 2.41 bits per heavy atom. The van der Waals surface area contributed by atoms with Gasteiger partial charge in [0.2, 0.25) is 16.9 Å². The van der Waals surface area contributed by atoms with Gasteiger partial charge >= 0.3 is 0 Å². The molecule has 0 aliphatic carbocycles. The molecule has 7 nitrogen and oxygen atoms in total. The molecular formula is C31H37N5O2S. The number of benzene rings is 2. The second-order valence-electron chi connectivity index (χ2n) is 11.4. The maximum Gasteiger partial charge on any atom is 0.243 e.